The van der Waals surface area contributed by atoms with Crippen molar-refractivity contribution in [3.63, 3.8) is 0 Å². The predicted octanol–water partition coefficient (Wildman–Crippen LogP) is -0.273. The molecule has 0 aliphatic carbocycles. The summed E-state index contributed by atoms with van der Waals surface area (Å²) in [5, 5.41) is 0. The molecule has 0 fully saturated rings. The molecule has 8 nitrogen and oxygen atoms in total. The van der Waals surface area contributed by atoms with Gasteiger partial charge in [0.05, 0.1) is 7.11 Å². The first-order chi connectivity index (χ1) is 9.78. The molecule has 0 aromatic heterocycles. The van der Waals surface area contributed by atoms with Crippen LogP contribution in [0.1, 0.15) is 33.6 Å². The van der Waals surface area contributed by atoms with Gasteiger partial charge in [-0.2, -0.15) is 0 Å². The zero-order valence-corrected chi connectivity index (χ0v) is 13.1. The number of carbonyl (C=O) groups excluding carboxylic acids is 3. The van der Waals surface area contributed by atoms with E-state index in [2.05, 4.69) is 4.74 Å². The van der Waals surface area contributed by atoms with Gasteiger partial charge in [-0.05, 0) is 13.1 Å². The zero-order chi connectivity index (χ0) is 16.8. The molecule has 0 amide bonds. The van der Waals surface area contributed by atoms with E-state index in [4.69, 9.17) is 20.9 Å². The first-order valence-electron chi connectivity index (χ1n) is 6.57. The molecule has 0 saturated heterocycles. The van der Waals surface area contributed by atoms with Crippen molar-refractivity contribution in [2.24, 2.45) is 11.5 Å². The summed E-state index contributed by atoms with van der Waals surface area (Å²) in [4.78, 5) is 31.4. The Morgan fingerprint density at radius 3 is 1.24 bits per heavy atom. The highest BCUT2D eigenvalue weighted by atomic mass is 16.6. The maximum absolute atomic E-state index is 10.9. The summed E-state index contributed by atoms with van der Waals surface area (Å²) >= 11 is 0. The second kappa shape index (κ2) is 13.3. The van der Waals surface area contributed by atoms with Crippen molar-refractivity contribution in [2.75, 3.05) is 20.2 Å². The third-order valence-electron chi connectivity index (χ3n) is 2.24. The summed E-state index contributed by atoms with van der Waals surface area (Å²) in [5.74, 6) is -1.09. The van der Waals surface area contributed by atoms with Gasteiger partial charge >= 0.3 is 17.9 Å². The third kappa shape index (κ3) is 14.5. The quantitative estimate of drug-likeness (QED) is 0.485. The maximum atomic E-state index is 10.9. The fourth-order valence-electron chi connectivity index (χ4n) is 1.40. The summed E-state index contributed by atoms with van der Waals surface area (Å²) in [6, 6.07) is 0. The molecular weight excluding hydrogens is 280 g/mol. The van der Waals surface area contributed by atoms with Gasteiger partial charge in [0.2, 0.25) is 0 Å². The van der Waals surface area contributed by atoms with Gasteiger partial charge in [0.25, 0.3) is 0 Å². The molecule has 21 heavy (non-hydrogen) atoms. The van der Waals surface area contributed by atoms with Crippen LogP contribution in [0.4, 0.5) is 0 Å². The molecule has 2 atom stereocenters. The fraction of sp³-hybridized carbons (Fsp3) is 0.769. The molecule has 0 aliphatic rings. The van der Waals surface area contributed by atoms with E-state index in [1.165, 1.54) is 27.9 Å². The van der Waals surface area contributed by atoms with E-state index in [1.807, 2.05) is 0 Å². The number of esters is 3. The molecule has 0 saturated carbocycles. The van der Waals surface area contributed by atoms with E-state index in [-0.39, 0.29) is 5.97 Å². The molecule has 2 unspecified atom stereocenters. The summed E-state index contributed by atoms with van der Waals surface area (Å²) in [6.07, 6.45) is -0.153. The van der Waals surface area contributed by atoms with Crippen LogP contribution < -0.4 is 11.5 Å². The zero-order valence-electron chi connectivity index (χ0n) is 13.1. The molecule has 124 valence electrons. The fourth-order valence-corrected chi connectivity index (χ4v) is 1.40. The minimum atomic E-state index is -0.519. The standard InChI is InChI=1S/C10H20N2O4.C3H6O2/c1-7(13)15-9(3-5-11)10(4-6-12)16-8(2)14;1-3(4)5-2/h9-10H,3-6,11-12H2,1-2H3;1-2H3. The molecule has 0 radical (unpaired) electrons. The van der Waals surface area contributed by atoms with Gasteiger partial charge in [0.1, 0.15) is 12.2 Å². The molecule has 0 aliphatic heterocycles. The minimum absolute atomic E-state index is 0.245. The summed E-state index contributed by atoms with van der Waals surface area (Å²) in [7, 11) is 1.35. The Balaban J connectivity index is 0. The summed E-state index contributed by atoms with van der Waals surface area (Å²) < 4.78 is 14.2. The van der Waals surface area contributed by atoms with Gasteiger partial charge in [-0.1, -0.05) is 0 Å². The van der Waals surface area contributed by atoms with E-state index in [0.29, 0.717) is 25.9 Å². The lowest BCUT2D eigenvalue weighted by atomic mass is 10.1. The van der Waals surface area contributed by atoms with Crippen molar-refractivity contribution in [2.45, 2.75) is 45.8 Å². The molecule has 0 heterocycles. The van der Waals surface area contributed by atoms with Crippen molar-refractivity contribution in [3.05, 3.63) is 0 Å². The maximum Gasteiger partial charge on any atom is 0.303 e. The van der Waals surface area contributed by atoms with Gasteiger partial charge in [-0.25, -0.2) is 0 Å². The highest BCUT2D eigenvalue weighted by Crippen LogP contribution is 2.12. The van der Waals surface area contributed by atoms with Crippen LogP contribution in [0.3, 0.4) is 0 Å². The predicted molar refractivity (Wildman–Crippen MR) is 76.1 cm³/mol. The van der Waals surface area contributed by atoms with Gasteiger partial charge in [0.15, 0.2) is 0 Å². The Bertz CT molecular complexity index is 298. The average Bonchev–Trinajstić information content (AvgIpc) is 2.37. The Hall–Kier alpha value is -1.67. The number of nitrogens with two attached hydrogens (primary N) is 2. The number of rotatable bonds is 7. The van der Waals surface area contributed by atoms with Gasteiger partial charge in [-0.15, -0.1) is 0 Å². The molecule has 0 aromatic rings. The van der Waals surface area contributed by atoms with Crippen LogP contribution in [-0.4, -0.2) is 50.3 Å². The largest absolute Gasteiger partial charge is 0.469 e. The Morgan fingerprint density at radius 2 is 1.10 bits per heavy atom. The Morgan fingerprint density at radius 1 is 0.810 bits per heavy atom. The third-order valence-corrected chi connectivity index (χ3v) is 2.24. The molecular formula is C13H26N2O6. The monoisotopic (exact) mass is 306 g/mol. The minimum Gasteiger partial charge on any atom is -0.469 e. The lowest BCUT2D eigenvalue weighted by Gasteiger charge is -2.25. The van der Waals surface area contributed by atoms with Crippen LogP contribution in [0.5, 0.6) is 0 Å². The van der Waals surface area contributed by atoms with Crippen molar-refractivity contribution < 1.29 is 28.6 Å². The number of methoxy groups -OCH3 is 1. The number of ether oxygens (including phenoxy) is 3. The first-order valence-corrected chi connectivity index (χ1v) is 6.57. The topological polar surface area (TPSA) is 131 Å². The molecule has 0 aromatic carbocycles. The van der Waals surface area contributed by atoms with E-state index < -0.39 is 24.1 Å². The Kier molecular flexibility index (Phi) is 13.7. The summed E-state index contributed by atoms with van der Waals surface area (Å²) in [6.45, 7) is 4.66. The van der Waals surface area contributed by atoms with Crippen LogP contribution in [0.2, 0.25) is 0 Å². The Labute approximate surface area is 125 Å². The second-order valence-electron chi connectivity index (χ2n) is 4.15. The smallest absolute Gasteiger partial charge is 0.303 e. The van der Waals surface area contributed by atoms with Crippen molar-refractivity contribution in [3.8, 4) is 0 Å². The molecule has 0 bridgehead atoms. The number of hydrogen-bond acceptors (Lipinski definition) is 8. The molecule has 4 N–H and O–H groups in total. The van der Waals surface area contributed by atoms with Crippen LogP contribution >= 0.6 is 0 Å². The van der Waals surface area contributed by atoms with Crippen LogP contribution in [0.25, 0.3) is 0 Å². The van der Waals surface area contributed by atoms with E-state index >= 15 is 0 Å². The summed E-state index contributed by atoms with van der Waals surface area (Å²) in [5.41, 5.74) is 10.8. The second-order valence-corrected chi connectivity index (χ2v) is 4.15. The van der Waals surface area contributed by atoms with Gasteiger partial charge < -0.3 is 25.7 Å². The van der Waals surface area contributed by atoms with E-state index in [0.717, 1.165) is 0 Å². The van der Waals surface area contributed by atoms with Crippen molar-refractivity contribution >= 4 is 17.9 Å². The normalized spacial score (nSPS) is 12.3. The molecule has 0 rings (SSSR count). The van der Waals surface area contributed by atoms with Crippen LogP contribution in [-0.2, 0) is 28.6 Å². The molecule has 8 heteroatoms. The number of hydrogen-bond donors (Lipinski definition) is 2. The van der Waals surface area contributed by atoms with Gasteiger partial charge in [-0.3, -0.25) is 14.4 Å². The lowest BCUT2D eigenvalue weighted by molar-refractivity contribution is -0.166. The van der Waals surface area contributed by atoms with E-state index in [9.17, 15) is 14.4 Å². The van der Waals surface area contributed by atoms with Gasteiger partial charge in [0, 0.05) is 33.6 Å². The van der Waals surface area contributed by atoms with Crippen molar-refractivity contribution in [1.29, 1.82) is 0 Å². The lowest BCUT2D eigenvalue weighted by Crippen LogP contribution is -2.37. The van der Waals surface area contributed by atoms with Crippen LogP contribution in [0.15, 0.2) is 0 Å². The highest BCUT2D eigenvalue weighted by molar-refractivity contribution is 5.67. The van der Waals surface area contributed by atoms with E-state index in [1.54, 1.807) is 0 Å². The average molecular weight is 306 g/mol. The molecule has 0 spiro atoms. The van der Waals surface area contributed by atoms with Crippen molar-refractivity contribution in [1.82, 2.24) is 0 Å². The first kappa shape index (κ1) is 21.6. The highest BCUT2D eigenvalue weighted by Gasteiger charge is 2.25. The van der Waals surface area contributed by atoms with Crippen LogP contribution in [0, 0.1) is 0 Å². The SMILES string of the molecule is CC(=O)OC(CCN)C(CCN)OC(C)=O.COC(C)=O. The number of carbonyl (C=O) groups is 3.